The Morgan fingerprint density at radius 1 is 1.06 bits per heavy atom. The van der Waals surface area contributed by atoms with E-state index in [0.29, 0.717) is 28.6 Å². The number of esters is 1. The molecule has 0 fully saturated rings. The highest BCUT2D eigenvalue weighted by Gasteiger charge is 2.42. The highest BCUT2D eigenvalue weighted by molar-refractivity contribution is 5.99. The van der Waals surface area contributed by atoms with Crippen molar-refractivity contribution in [2.24, 2.45) is 0 Å². The first-order valence-electron chi connectivity index (χ1n) is 12.1. The molecule has 1 unspecified atom stereocenters. The number of hydrogen-bond acceptors (Lipinski definition) is 6. The molecule has 0 bridgehead atoms. The predicted molar refractivity (Wildman–Crippen MR) is 135 cm³/mol. The fraction of sp³-hybridized carbons (Fsp3) is 0.393. The lowest BCUT2D eigenvalue weighted by Crippen LogP contribution is -2.33. The van der Waals surface area contributed by atoms with Gasteiger partial charge in [0.05, 0.1) is 29.7 Å². The molecule has 1 aromatic heterocycles. The van der Waals surface area contributed by atoms with Gasteiger partial charge in [-0.2, -0.15) is 0 Å². The average molecular weight is 477 g/mol. The molecule has 1 amide bonds. The molecule has 0 saturated heterocycles. The van der Waals surface area contributed by atoms with E-state index in [1.165, 1.54) is 7.11 Å². The van der Waals surface area contributed by atoms with Gasteiger partial charge in [0.15, 0.2) is 5.43 Å². The molecule has 0 N–H and O–H groups in total. The number of carbonyl (C=O) groups is 2. The van der Waals surface area contributed by atoms with Crippen LogP contribution < -0.4 is 5.43 Å². The molecular formula is C28H32N2O5. The quantitative estimate of drug-likeness (QED) is 0.446. The molecule has 2 aromatic carbocycles. The van der Waals surface area contributed by atoms with Crippen LogP contribution in [0.4, 0.5) is 0 Å². The summed E-state index contributed by atoms with van der Waals surface area (Å²) in [6.07, 6.45) is 0.768. The van der Waals surface area contributed by atoms with Crippen molar-refractivity contribution in [1.82, 2.24) is 9.80 Å². The Labute approximate surface area is 205 Å². The van der Waals surface area contributed by atoms with Crippen molar-refractivity contribution >= 4 is 22.8 Å². The van der Waals surface area contributed by atoms with Crippen molar-refractivity contribution in [2.45, 2.75) is 40.2 Å². The van der Waals surface area contributed by atoms with E-state index >= 15 is 0 Å². The molecule has 1 aliphatic heterocycles. The van der Waals surface area contributed by atoms with Gasteiger partial charge in [0.1, 0.15) is 5.58 Å². The molecule has 0 saturated carbocycles. The third-order valence-electron chi connectivity index (χ3n) is 7.00. The number of ether oxygens (including phenoxy) is 1. The summed E-state index contributed by atoms with van der Waals surface area (Å²) in [6.45, 7) is 11.3. The van der Waals surface area contributed by atoms with Crippen LogP contribution in [0.25, 0.3) is 11.0 Å². The predicted octanol–water partition coefficient (Wildman–Crippen LogP) is 4.47. The highest BCUT2D eigenvalue weighted by atomic mass is 16.5. The fourth-order valence-corrected chi connectivity index (χ4v) is 4.78. The molecule has 7 heteroatoms. The minimum absolute atomic E-state index is 0.107. The molecule has 1 atom stereocenters. The monoisotopic (exact) mass is 476 g/mol. The normalized spacial score (nSPS) is 15.2. The Kier molecular flexibility index (Phi) is 7.08. The first-order chi connectivity index (χ1) is 16.8. The molecule has 0 spiro atoms. The van der Waals surface area contributed by atoms with E-state index < -0.39 is 12.0 Å². The first kappa shape index (κ1) is 24.7. The zero-order valence-corrected chi connectivity index (χ0v) is 21.0. The van der Waals surface area contributed by atoms with Crippen LogP contribution in [0.15, 0.2) is 45.6 Å². The maximum absolute atomic E-state index is 13.7. The molecular weight excluding hydrogens is 444 g/mol. The molecule has 3 aromatic rings. The van der Waals surface area contributed by atoms with Crippen molar-refractivity contribution in [2.75, 3.05) is 33.3 Å². The Morgan fingerprint density at radius 2 is 1.71 bits per heavy atom. The van der Waals surface area contributed by atoms with Gasteiger partial charge in [0.2, 0.25) is 5.76 Å². The lowest BCUT2D eigenvalue weighted by atomic mass is 9.96. The third kappa shape index (κ3) is 4.48. The van der Waals surface area contributed by atoms with Crippen LogP contribution in [-0.4, -0.2) is 55.0 Å². The Morgan fingerprint density at radius 3 is 2.34 bits per heavy atom. The second-order valence-corrected chi connectivity index (χ2v) is 9.00. The van der Waals surface area contributed by atoms with E-state index in [1.807, 2.05) is 26.0 Å². The summed E-state index contributed by atoms with van der Waals surface area (Å²) in [5.74, 6) is -0.610. The van der Waals surface area contributed by atoms with Gasteiger partial charge in [-0.1, -0.05) is 26.0 Å². The molecule has 35 heavy (non-hydrogen) atoms. The van der Waals surface area contributed by atoms with Crippen molar-refractivity contribution in [3.63, 3.8) is 0 Å². The van der Waals surface area contributed by atoms with Crippen LogP contribution >= 0.6 is 0 Å². The number of nitrogens with zero attached hydrogens (tertiary/aromatic N) is 2. The topological polar surface area (TPSA) is 80.1 Å². The van der Waals surface area contributed by atoms with E-state index in [4.69, 9.17) is 9.15 Å². The zero-order chi connectivity index (χ0) is 25.3. The Bertz CT molecular complexity index is 1320. The lowest BCUT2D eigenvalue weighted by Gasteiger charge is -2.26. The van der Waals surface area contributed by atoms with Gasteiger partial charge in [-0.15, -0.1) is 0 Å². The zero-order valence-electron chi connectivity index (χ0n) is 21.0. The van der Waals surface area contributed by atoms with Crippen molar-refractivity contribution in [1.29, 1.82) is 0 Å². The molecule has 7 nitrogen and oxygen atoms in total. The van der Waals surface area contributed by atoms with Gasteiger partial charge in [0, 0.05) is 6.54 Å². The van der Waals surface area contributed by atoms with Crippen LogP contribution in [0.3, 0.4) is 0 Å². The van der Waals surface area contributed by atoms with Crippen LogP contribution in [0, 0.1) is 13.8 Å². The smallest absolute Gasteiger partial charge is 0.337 e. The van der Waals surface area contributed by atoms with Gasteiger partial charge in [-0.3, -0.25) is 9.59 Å². The van der Waals surface area contributed by atoms with E-state index in [0.717, 1.165) is 42.7 Å². The average Bonchev–Trinajstić information content (AvgIpc) is 3.14. The third-order valence-corrected chi connectivity index (χ3v) is 7.00. The number of fused-ring (bicyclic) bond motifs is 2. The molecule has 2 heterocycles. The van der Waals surface area contributed by atoms with Gasteiger partial charge in [-0.25, -0.2) is 4.79 Å². The number of carbonyl (C=O) groups excluding carboxylic acids is 2. The number of methoxy groups -OCH3 is 1. The lowest BCUT2D eigenvalue weighted by molar-refractivity contribution is 0.0599. The highest BCUT2D eigenvalue weighted by Crippen LogP contribution is 2.38. The number of amides is 1. The number of benzene rings is 2. The van der Waals surface area contributed by atoms with Gasteiger partial charge >= 0.3 is 5.97 Å². The summed E-state index contributed by atoms with van der Waals surface area (Å²) in [5.41, 5.74) is 3.75. The molecule has 0 radical (unpaired) electrons. The van der Waals surface area contributed by atoms with Gasteiger partial charge in [0.25, 0.3) is 5.91 Å². The van der Waals surface area contributed by atoms with Crippen LogP contribution in [0.5, 0.6) is 0 Å². The van der Waals surface area contributed by atoms with Crippen LogP contribution in [-0.2, 0) is 4.74 Å². The minimum Gasteiger partial charge on any atom is -0.465 e. The van der Waals surface area contributed by atoms with E-state index in [-0.39, 0.29) is 17.1 Å². The van der Waals surface area contributed by atoms with E-state index in [2.05, 4.69) is 18.7 Å². The first-order valence-corrected chi connectivity index (χ1v) is 12.1. The second-order valence-electron chi connectivity index (χ2n) is 9.00. The van der Waals surface area contributed by atoms with Crippen LogP contribution in [0.2, 0.25) is 0 Å². The molecule has 4 rings (SSSR count). The van der Waals surface area contributed by atoms with Crippen molar-refractivity contribution in [3.05, 3.63) is 80.2 Å². The van der Waals surface area contributed by atoms with Gasteiger partial charge in [-0.05, 0) is 80.9 Å². The fourth-order valence-electron chi connectivity index (χ4n) is 4.78. The van der Waals surface area contributed by atoms with Gasteiger partial charge < -0.3 is 19.0 Å². The maximum Gasteiger partial charge on any atom is 0.337 e. The Hall–Kier alpha value is -3.45. The van der Waals surface area contributed by atoms with Crippen molar-refractivity contribution in [3.8, 4) is 0 Å². The standard InChI is InChI=1S/C28H32N2O5/c1-6-29(7-2)13-8-14-30-24(19-9-11-20(12-10-19)28(33)34-5)23-25(31)21-15-17(3)18(4)16-22(21)35-26(23)27(30)32/h9-12,15-16,24H,6-8,13-14H2,1-5H3. The summed E-state index contributed by atoms with van der Waals surface area (Å²) >= 11 is 0. The Balaban J connectivity index is 1.81. The molecule has 184 valence electrons. The summed E-state index contributed by atoms with van der Waals surface area (Å²) in [5, 5.41) is 0.473. The molecule has 1 aliphatic rings. The number of hydrogen-bond donors (Lipinski definition) is 0. The number of rotatable bonds is 8. The largest absolute Gasteiger partial charge is 0.465 e. The summed E-state index contributed by atoms with van der Waals surface area (Å²) < 4.78 is 10.9. The van der Waals surface area contributed by atoms with Crippen molar-refractivity contribution < 1.29 is 18.7 Å². The maximum atomic E-state index is 13.7. The minimum atomic E-state index is -0.580. The molecule has 0 aliphatic carbocycles. The van der Waals surface area contributed by atoms with Crippen LogP contribution in [0.1, 0.15) is 69.5 Å². The summed E-state index contributed by atoms with van der Waals surface area (Å²) in [4.78, 5) is 43.3. The SMILES string of the molecule is CCN(CC)CCCN1C(=O)c2oc3cc(C)c(C)cc3c(=O)c2C1c1ccc(C(=O)OC)cc1. The van der Waals surface area contributed by atoms with E-state index in [9.17, 15) is 14.4 Å². The second kappa shape index (κ2) is 10.0. The summed E-state index contributed by atoms with van der Waals surface area (Å²) in [6, 6.07) is 9.96. The summed E-state index contributed by atoms with van der Waals surface area (Å²) in [7, 11) is 1.33. The van der Waals surface area contributed by atoms with E-state index in [1.54, 1.807) is 29.2 Å². The number of aryl methyl sites for hydroxylation is 2.